The molecule has 0 saturated carbocycles. The average molecular weight is 266 g/mol. The van der Waals surface area contributed by atoms with Crippen LogP contribution in [0.25, 0.3) is 5.57 Å². The third kappa shape index (κ3) is 2.36. The van der Waals surface area contributed by atoms with Gasteiger partial charge in [0.1, 0.15) is 5.75 Å². The van der Waals surface area contributed by atoms with Crippen molar-refractivity contribution in [3.63, 3.8) is 0 Å². The van der Waals surface area contributed by atoms with Crippen molar-refractivity contribution in [1.29, 1.82) is 0 Å². The van der Waals surface area contributed by atoms with Gasteiger partial charge < -0.3 is 15.7 Å². The molecule has 1 amide bonds. The summed E-state index contributed by atoms with van der Waals surface area (Å²) in [4.78, 5) is 12.0. The van der Waals surface area contributed by atoms with Crippen molar-refractivity contribution in [3.05, 3.63) is 65.9 Å². The zero-order valence-corrected chi connectivity index (χ0v) is 10.8. The second-order valence-corrected chi connectivity index (χ2v) is 4.59. The van der Waals surface area contributed by atoms with Gasteiger partial charge in [0.15, 0.2) is 0 Å². The molecular weight excluding hydrogens is 252 g/mol. The SMILES string of the molecule is O=C1NCc2ccccc2/C1=C/Nc1cccc(O)c1. The minimum atomic E-state index is -0.101. The van der Waals surface area contributed by atoms with E-state index in [-0.39, 0.29) is 11.7 Å². The maximum Gasteiger partial charge on any atom is 0.253 e. The Morgan fingerprint density at radius 3 is 2.85 bits per heavy atom. The molecule has 2 aromatic rings. The molecule has 1 aliphatic heterocycles. The van der Waals surface area contributed by atoms with Crippen molar-refractivity contribution in [1.82, 2.24) is 5.32 Å². The van der Waals surface area contributed by atoms with Crippen LogP contribution in [0.4, 0.5) is 5.69 Å². The molecule has 3 rings (SSSR count). The van der Waals surface area contributed by atoms with Crippen molar-refractivity contribution >= 4 is 17.2 Å². The molecule has 100 valence electrons. The van der Waals surface area contributed by atoms with Crippen LogP contribution >= 0.6 is 0 Å². The van der Waals surface area contributed by atoms with Crippen LogP contribution in [0, 0.1) is 0 Å². The highest BCUT2D eigenvalue weighted by molar-refractivity contribution is 6.21. The Hall–Kier alpha value is -2.75. The van der Waals surface area contributed by atoms with Crippen LogP contribution in [0.5, 0.6) is 5.75 Å². The van der Waals surface area contributed by atoms with Gasteiger partial charge in [-0.15, -0.1) is 0 Å². The van der Waals surface area contributed by atoms with Crippen LogP contribution in [0.15, 0.2) is 54.7 Å². The number of anilines is 1. The smallest absolute Gasteiger partial charge is 0.253 e. The molecule has 0 saturated heterocycles. The number of fused-ring (bicyclic) bond motifs is 1. The normalized spacial score (nSPS) is 15.6. The van der Waals surface area contributed by atoms with E-state index in [1.54, 1.807) is 24.4 Å². The number of amides is 1. The maximum absolute atomic E-state index is 12.0. The summed E-state index contributed by atoms with van der Waals surface area (Å²) in [6, 6.07) is 14.6. The molecule has 4 nitrogen and oxygen atoms in total. The van der Waals surface area contributed by atoms with Gasteiger partial charge >= 0.3 is 0 Å². The summed E-state index contributed by atoms with van der Waals surface area (Å²) in [5.41, 5.74) is 3.35. The summed E-state index contributed by atoms with van der Waals surface area (Å²) in [5, 5.41) is 15.3. The fourth-order valence-corrected chi connectivity index (χ4v) is 2.22. The molecule has 0 spiro atoms. The fraction of sp³-hybridized carbons (Fsp3) is 0.0625. The quantitative estimate of drug-likeness (QED) is 0.732. The highest BCUT2D eigenvalue weighted by atomic mass is 16.3. The number of nitrogens with one attached hydrogen (secondary N) is 2. The number of rotatable bonds is 2. The Morgan fingerprint density at radius 1 is 1.15 bits per heavy atom. The predicted molar refractivity (Wildman–Crippen MR) is 78.0 cm³/mol. The zero-order valence-electron chi connectivity index (χ0n) is 10.8. The molecule has 0 aliphatic carbocycles. The van der Waals surface area contributed by atoms with Crippen molar-refractivity contribution in [2.45, 2.75) is 6.54 Å². The van der Waals surface area contributed by atoms with Gasteiger partial charge in [0.05, 0.1) is 5.57 Å². The number of hydrogen-bond acceptors (Lipinski definition) is 3. The summed E-state index contributed by atoms with van der Waals surface area (Å²) in [5.74, 6) is 0.0817. The van der Waals surface area contributed by atoms with Gasteiger partial charge in [-0.05, 0) is 23.3 Å². The highest BCUT2D eigenvalue weighted by Crippen LogP contribution is 2.24. The molecule has 1 aliphatic rings. The lowest BCUT2D eigenvalue weighted by Gasteiger charge is -2.19. The second-order valence-electron chi connectivity index (χ2n) is 4.59. The fourth-order valence-electron chi connectivity index (χ4n) is 2.22. The first-order chi connectivity index (χ1) is 9.74. The van der Waals surface area contributed by atoms with E-state index >= 15 is 0 Å². The number of phenols is 1. The summed E-state index contributed by atoms with van der Waals surface area (Å²) < 4.78 is 0. The van der Waals surface area contributed by atoms with E-state index in [1.165, 1.54) is 0 Å². The van der Waals surface area contributed by atoms with Crippen LogP contribution in [0.2, 0.25) is 0 Å². The molecule has 1 heterocycles. The molecule has 3 N–H and O–H groups in total. The Balaban J connectivity index is 1.93. The summed E-state index contributed by atoms with van der Waals surface area (Å²) in [6.45, 7) is 0.554. The Bertz CT molecular complexity index is 692. The number of aromatic hydroxyl groups is 1. The van der Waals surface area contributed by atoms with E-state index in [9.17, 15) is 9.90 Å². The molecule has 0 atom stereocenters. The van der Waals surface area contributed by atoms with Crippen molar-refractivity contribution in [2.75, 3.05) is 5.32 Å². The lowest BCUT2D eigenvalue weighted by molar-refractivity contribution is -0.116. The van der Waals surface area contributed by atoms with Crippen molar-refractivity contribution in [3.8, 4) is 5.75 Å². The molecular formula is C16H14N2O2. The maximum atomic E-state index is 12.0. The van der Waals surface area contributed by atoms with Gasteiger partial charge in [-0.25, -0.2) is 0 Å². The van der Waals surface area contributed by atoms with E-state index in [2.05, 4.69) is 10.6 Å². The van der Waals surface area contributed by atoms with Gasteiger partial charge in [-0.2, -0.15) is 0 Å². The number of phenolic OH excluding ortho intramolecular Hbond substituents is 1. The standard InChI is InChI=1S/C16H14N2O2/c19-13-6-3-5-12(8-13)17-10-15-14-7-2-1-4-11(14)9-18-16(15)20/h1-8,10,17,19H,9H2,(H,18,20)/b15-10-. The first kappa shape index (κ1) is 12.3. The van der Waals surface area contributed by atoms with Gasteiger partial charge in [-0.3, -0.25) is 4.79 Å². The first-order valence-electron chi connectivity index (χ1n) is 6.36. The Morgan fingerprint density at radius 2 is 2.00 bits per heavy atom. The van der Waals surface area contributed by atoms with E-state index < -0.39 is 0 Å². The molecule has 0 aromatic heterocycles. The molecule has 0 radical (unpaired) electrons. The average Bonchev–Trinajstić information content (AvgIpc) is 2.46. The van der Waals surface area contributed by atoms with E-state index in [0.29, 0.717) is 12.1 Å². The van der Waals surface area contributed by atoms with Crippen LogP contribution in [0.3, 0.4) is 0 Å². The van der Waals surface area contributed by atoms with Gasteiger partial charge in [0, 0.05) is 24.5 Å². The minimum Gasteiger partial charge on any atom is -0.508 e. The van der Waals surface area contributed by atoms with Crippen molar-refractivity contribution < 1.29 is 9.90 Å². The van der Waals surface area contributed by atoms with Gasteiger partial charge in [0.2, 0.25) is 0 Å². The first-order valence-corrected chi connectivity index (χ1v) is 6.36. The second kappa shape index (κ2) is 5.09. The van der Waals surface area contributed by atoms with Gasteiger partial charge in [0.25, 0.3) is 5.91 Å². The molecule has 20 heavy (non-hydrogen) atoms. The molecule has 4 heteroatoms. The largest absolute Gasteiger partial charge is 0.508 e. The van der Waals surface area contributed by atoms with Crippen LogP contribution in [-0.2, 0) is 11.3 Å². The third-order valence-corrected chi connectivity index (χ3v) is 3.22. The van der Waals surface area contributed by atoms with Crippen LogP contribution < -0.4 is 10.6 Å². The summed E-state index contributed by atoms with van der Waals surface area (Å²) >= 11 is 0. The Labute approximate surface area is 116 Å². The van der Waals surface area contributed by atoms with Crippen molar-refractivity contribution in [2.24, 2.45) is 0 Å². The lowest BCUT2D eigenvalue weighted by atomic mass is 9.96. The predicted octanol–water partition coefficient (Wildman–Crippen LogP) is 2.47. The Kier molecular flexibility index (Phi) is 3.13. The lowest BCUT2D eigenvalue weighted by Crippen LogP contribution is -2.29. The third-order valence-electron chi connectivity index (χ3n) is 3.22. The molecule has 0 bridgehead atoms. The topological polar surface area (TPSA) is 61.4 Å². The summed E-state index contributed by atoms with van der Waals surface area (Å²) in [7, 11) is 0. The number of carbonyl (C=O) groups excluding carboxylic acids is 1. The molecule has 0 fully saturated rings. The number of hydrogen-bond donors (Lipinski definition) is 3. The minimum absolute atomic E-state index is 0.101. The zero-order chi connectivity index (χ0) is 13.9. The number of benzene rings is 2. The van der Waals surface area contributed by atoms with Crippen LogP contribution in [0.1, 0.15) is 11.1 Å². The van der Waals surface area contributed by atoms with Crippen LogP contribution in [-0.4, -0.2) is 11.0 Å². The highest BCUT2D eigenvalue weighted by Gasteiger charge is 2.20. The molecule has 2 aromatic carbocycles. The van der Waals surface area contributed by atoms with E-state index in [4.69, 9.17) is 0 Å². The van der Waals surface area contributed by atoms with Gasteiger partial charge in [-0.1, -0.05) is 30.3 Å². The summed E-state index contributed by atoms with van der Waals surface area (Å²) in [6.07, 6.45) is 1.67. The van der Waals surface area contributed by atoms with E-state index in [1.807, 2.05) is 30.3 Å². The molecule has 0 unspecified atom stereocenters. The van der Waals surface area contributed by atoms with E-state index in [0.717, 1.165) is 16.8 Å². The number of carbonyl (C=O) groups is 1. The monoisotopic (exact) mass is 266 g/mol.